The molecule has 0 unspecified atom stereocenters. The summed E-state index contributed by atoms with van der Waals surface area (Å²) in [5, 5.41) is 20.2. The summed E-state index contributed by atoms with van der Waals surface area (Å²) in [7, 11) is 0. The summed E-state index contributed by atoms with van der Waals surface area (Å²) in [5.41, 5.74) is 3.57. The first kappa shape index (κ1) is 19.3. The Labute approximate surface area is 169 Å². The van der Waals surface area contributed by atoms with Crippen LogP contribution in [0.25, 0.3) is 27.8 Å². The van der Waals surface area contributed by atoms with E-state index in [1.165, 1.54) is 23.0 Å². The van der Waals surface area contributed by atoms with Gasteiger partial charge in [0.15, 0.2) is 0 Å². The molecule has 0 saturated heterocycles. The van der Waals surface area contributed by atoms with Crippen LogP contribution in [0.2, 0.25) is 0 Å². The minimum Gasteiger partial charge on any atom is -0.494 e. The topological polar surface area (TPSA) is 96.9 Å². The molecule has 4 rings (SSSR count). The van der Waals surface area contributed by atoms with Crippen molar-refractivity contribution >= 4 is 10.9 Å². The zero-order valence-electron chi connectivity index (χ0n) is 15.8. The Morgan fingerprint density at radius 2 is 1.97 bits per heavy atom. The standard InChI is InChI=1S/C21H15F2N5O2/c1-12-4-17(14-6-16(10-26-8-14)30-21(22)23)27-18-11-28(20(29)19(12)18)15-5-13(2-3-24)7-25-9-15/h4-11,21,29H,2H2,1H3. The van der Waals surface area contributed by atoms with E-state index >= 15 is 0 Å². The third kappa shape index (κ3) is 3.63. The van der Waals surface area contributed by atoms with E-state index in [0.29, 0.717) is 27.8 Å². The van der Waals surface area contributed by atoms with E-state index in [2.05, 4.69) is 25.8 Å². The molecule has 0 aromatic carbocycles. The molecular formula is C21H15F2N5O2. The van der Waals surface area contributed by atoms with Crippen molar-refractivity contribution in [3.05, 3.63) is 60.3 Å². The van der Waals surface area contributed by atoms with E-state index in [1.54, 1.807) is 30.7 Å². The van der Waals surface area contributed by atoms with Crippen molar-refractivity contribution < 1.29 is 18.6 Å². The first-order valence-corrected chi connectivity index (χ1v) is 8.89. The van der Waals surface area contributed by atoms with Crippen LogP contribution in [-0.4, -0.2) is 31.2 Å². The van der Waals surface area contributed by atoms with E-state index in [9.17, 15) is 13.9 Å². The molecule has 0 saturated carbocycles. The Morgan fingerprint density at radius 3 is 2.73 bits per heavy atom. The molecule has 150 valence electrons. The van der Waals surface area contributed by atoms with E-state index in [4.69, 9.17) is 5.26 Å². The predicted molar refractivity (Wildman–Crippen MR) is 104 cm³/mol. The monoisotopic (exact) mass is 407 g/mol. The third-order valence-corrected chi connectivity index (χ3v) is 4.52. The van der Waals surface area contributed by atoms with Crippen molar-refractivity contribution in [2.24, 2.45) is 0 Å². The summed E-state index contributed by atoms with van der Waals surface area (Å²) in [6.45, 7) is -1.13. The maximum absolute atomic E-state index is 12.5. The number of aryl methyl sites for hydroxylation is 1. The number of hydrogen-bond acceptors (Lipinski definition) is 6. The van der Waals surface area contributed by atoms with Crippen LogP contribution in [0.4, 0.5) is 8.78 Å². The average molecular weight is 407 g/mol. The molecule has 0 aliphatic carbocycles. The van der Waals surface area contributed by atoms with E-state index < -0.39 is 6.61 Å². The van der Waals surface area contributed by atoms with Crippen LogP contribution in [0.15, 0.2) is 49.2 Å². The highest BCUT2D eigenvalue weighted by Gasteiger charge is 2.16. The lowest BCUT2D eigenvalue weighted by Gasteiger charge is -2.07. The van der Waals surface area contributed by atoms with Gasteiger partial charge in [-0.2, -0.15) is 14.0 Å². The van der Waals surface area contributed by atoms with Crippen LogP contribution in [0, 0.1) is 18.3 Å². The smallest absolute Gasteiger partial charge is 0.387 e. The molecule has 9 heteroatoms. The quantitative estimate of drug-likeness (QED) is 0.534. The lowest BCUT2D eigenvalue weighted by molar-refractivity contribution is -0.0500. The third-order valence-electron chi connectivity index (χ3n) is 4.52. The molecule has 1 N–H and O–H groups in total. The fourth-order valence-corrected chi connectivity index (χ4v) is 3.25. The molecule has 4 aromatic rings. The Bertz CT molecular complexity index is 1280. The number of rotatable bonds is 5. The number of aromatic hydroxyl groups is 1. The maximum atomic E-state index is 12.5. The first-order valence-electron chi connectivity index (χ1n) is 8.89. The minimum atomic E-state index is -2.95. The number of halogens is 2. The van der Waals surface area contributed by atoms with Gasteiger partial charge in [0.1, 0.15) is 5.75 Å². The minimum absolute atomic E-state index is 0.00892. The summed E-state index contributed by atoms with van der Waals surface area (Å²) >= 11 is 0. The van der Waals surface area contributed by atoms with Crippen molar-refractivity contribution in [1.29, 1.82) is 5.26 Å². The van der Waals surface area contributed by atoms with Gasteiger partial charge in [-0.15, -0.1) is 0 Å². The van der Waals surface area contributed by atoms with Gasteiger partial charge in [0.05, 0.1) is 47.2 Å². The molecule has 30 heavy (non-hydrogen) atoms. The van der Waals surface area contributed by atoms with Gasteiger partial charge in [0.2, 0.25) is 5.88 Å². The Balaban J connectivity index is 1.80. The molecule has 0 aliphatic heterocycles. The van der Waals surface area contributed by atoms with Crippen molar-refractivity contribution in [3.63, 3.8) is 0 Å². The van der Waals surface area contributed by atoms with Crippen molar-refractivity contribution in [3.8, 4) is 34.6 Å². The second-order valence-corrected chi connectivity index (χ2v) is 6.58. The van der Waals surface area contributed by atoms with Gasteiger partial charge in [-0.25, -0.2) is 4.98 Å². The highest BCUT2D eigenvalue weighted by atomic mass is 19.3. The molecular weight excluding hydrogens is 392 g/mol. The van der Waals surface area contributed by atoms with Gasteiger partial charge in [0.25, 0.3) is 0 Å². The van der Waals surface area contributed by atoms with Gasteiger partial charge in [-0.05, 0) is 36.2 Å². The normalized spacial score (nSPS) is 11.0. The summed E-state index contributed by atoms with van der Waals surface area (Å²) in [6.07, 6.45) is 7.72. The lowest BCUT2D eigenvalue weighted by Crippen LogP contribution is -2.02. The molecule has 0 bridgehead atoms. The number of ether oxygens (including phenoxy) is 1. The van der Waals surface area contributed by atoms with Crippen LogP contribution >= 0.6 is 0 Å². The van der Waals surface area contributed by atoms with E-state index in [-0.39, 0.29) is 18.1 Å². The second-order valence-electron chi connectivity index (χ2n) is 6.58. The van der Waals surface area contributed by atoms with Crippen LogP contribution in [0.1, 0.15) is 11.1 Å². The zero-order valence-corrected chi connectivity index (χ0v) is 15.8. The van der Waals surface area contributed by atoms with Crippen molar-refractivity contribution in [1.82, 2.24) is 19.5 Å². The van der Waals surface area contributed by atoms with Crippen LogP contribution in [-0.2, 0) is 6.42 Å². The fraction of sp³-hybridized carbons (Fsp3) is 0.143. The highest BCUT2D eigenvalue weighted by molar-refractivity contribution is 5.90. The molecule has 0 amide bonds. The predicted octanol–water partition coefficient (Wildman–Crippen LogP) is 4.16. The van der Waals surface area contributed by atoms with Gasteiger partial charge in [-0.1, -0.05) is 0 Å². The molecule has 4 aromatic heterocycles. The average Bonchev–Trinajstić information content (AvgIpc) is 3.05. The van der Waals surface area contributed by atoms with Crippen LogP contribution in [0.5, 0.6) is 11.6 Å². The number of fused-ring (bicyclic) bond motifs is 1. The molecule has 0 spiro atoms. The second kappa shape index (κ2) is 7.75. The Kier molecular flexibility index (Phi) is 4.98. The number of nitrogens with zero attached hydrogens (tertiary/aromatic N) is 5. The first-order chi connectivity index (χ1) is 14.5. The lowest BCUT2D eigenvalue weighted by atomic mass is 10.1. The van der Waals surface area contributed by atoms with E-state index in [0.717, 1.165) is 11.1 Å². The van der Waals surface area contributed by atoms with Crippen LogP contribution < -0.4 is 4.74 Å². The van der Waals surface area contributed by atoms with Crippen LogP contribution in [0.3, 0.4) is 0 Å². The SMILES string of the molecule is Cc1cc(-c2cncc(OC(F)F)c2)nc2cn(-c3cncc(CC#N)c3)c(O)c12. The number of nitriles is 1. The number of alkyl halides is 2. The highest BCUT2D eigenvalue weighted by Crippen LogP contribution is 2.34. The molecule has 0 atom stereocenters. The van der Waals surface area contributed by atoms with Gasteiger partial charge >= 0.3 is 6.61 Å². The largest absolute Gasteiger partial charge is 0.494 e. The Morgan fingerprint density at radius 1 is 1.17 bits per heavy atom. The van der Waals surface area contributed by atoms with Gasteiger partial charge < -0.3 is 9.84 Å². The molecule has 0 radical (unpaired) electrons. The number of aromatic nitrogens is 4. The maximum Gasteiger partial charge on any atom is 0.387 e. The van der Waals surface area contributed by atoms with Gasteiger partial charge in [-0.3, -0.25) is 14.5 Å². The van der Waals surface area contributed by atoms with Crippen molar-refractivity contribution in [2.45, 2.75) is 20.0 Å². The molecule has 0 fully saturated rings. The molecule has 4 heterocycles. The summed E-state index contributed by atoms with van der Waals surface area (Å²) in [4.78, 5) is 12.6. The summed E-state index contributed by atoms with van der Waals surface area (Å²) in [5.74, 6) is -0.0757. The molecule has 0 aliphatic rings. The van der Waals surface area contributed by atoms with Crippen molar-refractivity contribution in [2.75, 3.05) is 0 Å². The van der Waals surface area contributed by atoms with Gasteiger partial charge in [0, 0.05) is 24.2 Å². The number of hydrogen-bond donors (Lipinski definition) is 1. The number of pyridine rings is 3. The molecule has 7 nitrogen and oxygen atoms in total. The summed E-state index contributed by atoms with van der Waals surface area (Å²) in [6, 6.07) is 7.00. The Hall–Kier alpha value is -4.06. The fourth-order valence-electron chi connectivity index (χ4n) is 3.25. The summed E-state index contributed by atoms with van der Waals surface area (Å²) < 4.78 is 30.9. The zero-order chi connectivity index (χ0) is 21.3. The van der Waals surface area contributed by atoms with E-state index in [1.807, 2.05) is 6.92 Å².